The van der Waals surface area contributed by atoms with E-state index in [0.29, 0.717) is 17.7 Å². The van der Waals surface area contributed by atoms with Crippen LogP contribution in [-0.2, 0) is 6.42 Å². The van der Waals surface area contributed by atoms with Gasteiger partial charge in [-0.25, -0.2) is 0 Å². The van der Waals surface area contributed by atoms with E-state index >= 15 is 0 Å². The van der Waals surface area contributed by atoms with Crippen LogP contribution in [0.4, 0.5) is 5.69 Å². The molecule has 0 unspecified atom stereocenters. The Morgan fingerprint density at radius 3 is 2.68 bits per heavy atom. The molecule has 5 heteroatoms. The van der Waals surface area contributed by atoms with E-state index in [1.807, 2.05) is 30.3 Å². The smallest absolute Gasteiger partial charge is 0.259 e. The van der Waals surface area contributed by atoms with Gasteiger partial charge in [0.15, 0.2) is 0 Å². The zero-order valence-corrected chi connectivity index (χ0v) is 13.6. The predicted octanol–water partition coefficient (Wildman–Crippen LogP) is 2.93. The maximum atomic E-state index is 13.2. The second kappa shape index (κ2) is 6.02. The van der Waals surface area contributed by atoms with Gasteiger partial charge in [-0.2, -0.15) is 0 Å². The largest absolute Gasteiger partial charge is 0.366 e. The number of carbonyl (C=O) groups excluding carboxylic acids is 2. The minimum atomic E-state index is -0.458. The highest BCUT2D eigenvalue weighted by atomic mass is 16.2. The summed E-state index contributed by atoms with van der Waals surface area (Å²) in [4.78, 5) is 31.0. The summed E-state index contributed by atoms with van der Waals surface area (Å²) in [6.45, 7) is 0.616. The average molecular weight is 331 g/mol. The monoisotopic (exact) mass is 331 g/mol. The number of para-hydroxylation sites is 1. The topological polar surface area (TPSA) is 76.3 Å². The molecule has 1 aliphatic heterocycles. The van der Waals surface area contributed by atoms with E-state index in [4.69, 9.17) is 5.73 Å². The number of carbonyl (C=O) groups is 2. The number of primary amides is 1. The highest BCUT2D eigenvalue weighted by Crippen LogP contribution is 2.31. The SMILES string of the molecule is NC(=O)c1cccc2c1CCCN2C(=O)c1ccnc2ccccc12. The van der Waals surface area contributed by atoms with Gasteiger partial charge in [-0.15, -0.1) is 0 Å². The molecular weight excluding hydrogens is 314 g/mol. The van der Waals surface area contributed by atoms with Gasteiger partial charge < -0.3 is 10.6 Å². The van der Waals surface area contributed by atoms with Crippen molar-refractivity contribution >= 4 is 28.4 Å². The molecule has 2 heterocycles. The molecule has 1 aliphatic rings. The second-order valence-electron chi connectivity index (χ2n) is 6.10. The number of benzene rings is 2. The van der Waals surface area contributed by atoms with Crippen LogP contribution in [-0.4, -0.2) is 23.3 Å². The van der Waals surface area contributed by atoms with E-state index in [0.717, 1.165) is 35.0 Å². The van der Waals surface area contributed by atoms with Crippen molar-refractivity contribution in [3.8, 4) is 0 Å². The number of amides is 2. The van der Waals surface area contributed by atoms with E-state index in [-0.39, 0.29) is 5.91 Å². The third kappa shape index (κ3) is 2.54. The van der Waals surface area contributed by atoms with E-state index in [1.165, 1.54) is 0 Å². The molecule has 0 spiro atoms. The Bertz CT molecular complexity index is 992. The third-order valence-corrected chi connectivity index (χ3v) is 4.64. The molecule has 0 atom stereocenters. The van der Waals surface area contributed by atoms with Gasteiger partial charge in [0.2, 0.25) is 5.91 Å². The highest BCUT2D eigenvalue weighted by Gasteiger charge is 2.27. The van der Waals surface area contributed by atoms with E-state index < -0.39 is 5.91 Å². The van der Waals surface area contributed by atoms with E-state index in [2.05, 4.69) is 4.98 Å². The predicted molar refractivity (Wildman–Crippen MR) is 96.7 cm³/mol. The van der Waals surface area contributed by atoms with Crippen LogP contribution in [0, 0.1) is 0 Å². The third-order valence-electron chi connectivity index (χ3n) is 4.64. The summed E-state index contributed by atoms with van der Waals surface area (Å²) < 4.78 is 0. The molecule has 124 valence electrons. The standard InChI is InChI=1S/C20H17N3O2/c21-19(24)15-6-3-9-18-14(15)7-4-12-23(18)20(25)16-10-11-22-17-8-2-1-5-13(16)17/h1-3,5-6,8-11H,4,7,12H2,(H2,21,24). The normalized spacial score (nSPS) is 13.5. The number of nitrogens with two attached hydrogens (primary N) is 1. The summed E-state index contributed by atoms with van der Waals surface area (Å²) in [5.74, 6) is -0.540. The number of rotatable bonds is 2. The zero-order chi connectivity index (χ0) is 17.4. The molecule has 0 bridgehead atoms. The van der Waals surface area contributed by atoms with Crippen LogP contribution in [0.25, 0.3) is 10.9 Å². The summed E-state index contributed by atoms with van der Waals surface area (Å²) >= 11 is 0. The summed E-state index contributed by atoms with van der Waals surface area (Å²) in [6.07, 6.45) is 3.20. The lowest BCUT2D eigenvalue weighted by Gasteiger charge is -2.30. The van der Waals surface area contributed by atoms with Crippen LogP contribution < -0.4 is 10.6 Å². The number of aromatic nitrogens is 1. The van der Waals surface area contributed by atoms with Gasteiger partial charge in [0.1, 0.15) is 0 Å². The van der Waals surface area contributed by atoms with E-state index in [9.17, 15) is 9.59 Å². The fourth-order valence-electron chi connectivity index (χ4n) is 3.49. The van der Waals surface area contributed by atoms with Crippen molar-refractivity contribution in [3.05, 3.63) is 71.4 Å². The van der Waals surface area contributed by atoms with Gasteiger partial charge in [0.05, 0.1) is 11.1 Å². The summed E-state index contributed by atoms with van der Waals surface area (Å²) in [7, 11) is 0. The van der Waals surface area contributed by atoms with Crippen LogP contribution in [0.15, 0.2) is 54.7 Å². The molecule has 4 rings (SSSR count). The molecule has 0 radical (unpaired) electrons. The first-order valence-electron chi connectivity index (χ1n) is 8.24. The van der Waals surface area contributed by atoms with Gasteiger partial charge in [0.25, 0.3) is 5.91 Å². The lowest BCUT2D eigenvalue weighted by atomic mass is 9.95. The van der Waals surface area contributed by atoms with Crippen LogP contribution in [0.1, 0.15) is 32.7 Å². The first-order valence-corrected chi connectivity index (χ1v) is 8.24. The van der Waals surface area contributed by atoms with Crippen LogP contribution in [0.3, 0.4) is 0 Å². The Hall–Kier alpha value is -3.21. The molecule has 2 N–H and O–H groups in total. The van der Waals surface area contributed by atoms with Crippen molar-refractivity contribution in [2.24, 2.45) is 5.73 Å². The van der Waals surface area contributed by atoms with Crippen molar-refractivity contribution < 1.29 is 9.59 Å². The van der Waals surface area contributed by atoms with Gasteiger partial charge >= 0.3 is 0 Å². The molecule has 0 saturated heterocycles. The van der Waals surface area contributed by atoms with Crippen molar-refractivity contribution in [1.82, 2.24) is 4.98 Å². The summed E-state index contributed by atoms with van der Waals surface area (Å²) in [6, 6.07) is 14.7. The van der Waals surface area contributed by atoms with Crippen molar-refractivity contribution in [2.45, 2.75) is 12.8 Å². The highest BCUT2D eigenvalue weighted by molar-refractivity contribution is 6.14. The quantitative estimate of drug-likeness (QED) is 0.784. The number of nitrogens with zero attached hydrogens (tertiary/aromatic N) is 2. The average Bonchev–Trinajstić information content (AvgIpc) is 2.66. The molecule has 0 saturated carbocycles. The van der Waals surface area contributed by atoms with Gasteiger partial charge in [-0.1, -0.05) is 24.3 Å². The van der Waals surface area contributed by atoms with Crippen molar-refractivity contribution in [1.29, 1.82) is 0 Å². The molecule has 2 aromatic carbocycles. The molecule has 5 nitrogen and oxygen atoms in total. The second-order valence-corrected chi connectivity index (χ2v) is 6.10. The zero-order valence-electron chi connectivity index (χ0n) is 13.6. The Kier molecular flexibility index (Phi) is 3.69. The minimum Gasteiger partial charge on any atom is -0.366 e. The fraction of sp³-hybridized carbons (Fsp3) is 0.150. The van der Waals surface area contributed by atoms with Gasteiger partial charge in [-0.05, 0) is 42.7 Å². The first kappa shape index (κ1) is 15.3. The molecule has 2 amide bonds. The number of anilines is 1. The van der Waals surface area contributed by atoms with Gasteiger partial charge in [0, 0.05) is 29.4 Å². The summed E-state index contributed by atoms with van der Waals surface area (Å²) in [5, 5.41) is 0.827. The van der Waals surface area contributed by atoms with Crippen molar-refractivity contribution in [2.75, 3.05) is 11.4 Å². The molecule has 3 aromatic rings. The minimum absolute atomic E-state index is 0.0822. The van der Waals surface area contributed by atoms with Crippen LogP contribution >= 0.6 is 0 Å². The Labute approximate surface area is 145 Å². The van der Waals surface area contributed by atoms with E-state index in [1.54, 1.807) is 29.3 Å². The Morgan fingerprint density at radius 2 is 1.84 bits per heavy atom. The maximum Gasteiger partial charge on any atom is 0.259 e. The molecular formula is C20H17N3O2. The first-order chi connectivity index (χ1) is 12.2. The van der Waals surface area contributed by atoms with Gasteiger partial charge in [-0.3, -0.25) is 14.6 Å². The maximum absolute atomic E-state index is 13.2. The lowest BCUT2D eigenvalue weighted by molar-refractivity contribution is 0.0978. The molecule has 25 heavy (non-hydrogen) atoms. The number of fused-ring (bicyclic) bond motifs is 2. The summed E-state index contributed by atoms with van der Waals surface area (Å²) in [5.41, 5.74) is 9.02. The number of hydrogen-bond acceptors (Lipinski definition) is 3. The van der Waals surface area contributed by atoms with Crippen molar-refractivity contribution in [3.63, 3.8) is 0 Å². The molecule has 0 fully saturated rings. The lowest BCUT2D eigenvalue weighted by Crippen LogP contribution is -2.36. The van der Waals surface area contributed by atoms with Crippen LogP contribution in [0.5, 0.6) is 0 Å². The Morgan fingerprint density at radius 1 is 1.00 bits per heavy atom. The molecule has 1 aromatic heterocycles. The van der Waals surface area contributed by atoms with Crippen LogP contribution in [0.2, 0.25) is 0 Å². The number of hydrogen-bond donors (Lipinski definition) is 1. The Balaban J connectivity index is 1.83. The number of pyridine rings is 1. The fourth-order valence-corrected chi connectivity index (χ4v) is 3.49. The molecule has 0 aliphatic carbocycles.